The largest absolute Gasteiger partial charge is 0.508 e. The van der Waals surface area contributed by atoms with E-state index >= 15 is 0 Å². The van der Waals surface area contributed by atoms with Crippen molar-refractivity contribution in [3.63, 3.8) is 0 Å². The quantitative estimate of drug-likeness (QED) is 0.827. The minimum Gasteiger partial charge on any atom is -0.508 e. The minimum absolute atomic E-state index is 0.104. The van der Waals surface area contributed by atoms with E-state index in [9.17, 15) is 9.90 Å². The number of nitrogens with one attached hydrogen (secondary N) is 1. The molecule has 1 saturated heterocycles. The molecular formula is C19H21Cl2N3O2. The molecule has 1 atom stereocenters. The second-order valence-electron chi connectivity index (χ2n) is 6.33. The molecular weight excluding hydrogens is 373 g/mol. The molecule has 1 amide bonds. The topological polar surface area (TPSA) is 55.8 Å². The van der Waals surface area contributed by atoms with Crippen LogP contribution in [0.25, 0.3) is 0 Å². The highest BCUT2D eigenvalue weighted by molar-refractivity contribution is 6.35. The Balaban J connectivity index is 1.57. The van der Waals surface area contributed by atoms with Crippen molar-refractivity contribution >= 4 is 40.5 Å². The molecule has 2 aromatic carbocycles. The molecule has 1 fully saturated rings. The van der Waals surface area contributed by atoms with E-state index < -0.39 is 0 Å². The van der Waals surface area contributed by atoms with Crippen LogP contribution in [0.3, 0.4) is 0 Å². The zero-order chi connectivity index (χ0) is 18.7. The Labute approximate surface area is 163 Å². The Bertz CT molecular complexity index is 775. The molecule has 1 aliphatic rings. The lowest BCUT2D eigenvalue weighted by molar-refractivity contribution is -0.120. The molecule has 0 aromatic heterocycles. The van der Waals surface area contributed by atoms with Crippen molar-refractivity contribution in [2.24, 2.45) is 0 Å². The van der Waals surface area contributed by atoms with E-state index in [-0.39, 0.29) is 17.7 Å². The van der Waals surface area contributed by atoms with Crippen LogP contribution in [-0.2, 0) is 4.79 Å². The Morgan fingerprint density at radius 2 is 1.73 bits per heavy atom. The van der Waals surface area contributed by atoms with Gasteiger partial charge in [-0.05, 0) is 49.4 Å². The zero-order valence-electron chi connectivity index (χ0n) is 14.5. The fraction of sp³-hybridized carbons (Fsp3) is 0.316. The number of carbonyl (C=O) groups excluding carboxylic acids is 1. The van der Waals surface area contributed by atoms with Crippen molar-refractivity contribution in [2.45, 2.75) is 13.0 Å². The lowest BCUT2D eigenvalue weighted by atomic mass is 10.2. The third-order valence-corrected chi connectivity index (χ3v) is 5.21. The third-order valence-electron chi connectivity index (χ3n) is 4.64. The van der Waals surface area contributed by atoms with Gasteiger partial charge in [-0.3, -0.25) is 9.69 Å². The number of nitrogens with zero attached hydrogens (tertiary/aromatic N) is 2. The summed E-state index contributed by atoms with van der Waals surface area (Å²) >= 11 is 12.1. The van der Waals surface area contributed by atoms with Crippen LogP contribution in [0.2, 0.25) is 10.0 Å². The van der Waals surface area contributed by atoms with E-state index in [1.54, 1.807) is 30.3 Å². The van der Waals surface area contributed by atoms with Crippen molar-refractivity contribution in [3.05, 3.63) is 52.5 Å². The number of halogens is 2. The molecule has 138 valence electrons. The molecule has 0 aliphatic carbocycles. The molecule has 0 spiro atoms. The van der Waals surface area contributed by atoms with E-state index in [4.69, 9.17) is 23.2 Å². The van der Waals surface area contributed by atoms with Crippen LogP contribution in [0, 0.1) is 0 Å². The van der Waals surface area contributed by atoms with Gasteiger partial charge in [0, 0.05) is 36.9 Å². The molecule has 26 heavy (non-hydrogen) atoms. The number of anilines is 2. The summed E-state index contributed by atoms with van der Waals surface area (Å²) in [6.45, 7) is 5.09. The molecule has 7 heteroatoms. The molecule has 1 unspecified atom stereocenters. The van der Waals surface area contributed by atoms with Gasteiger partial charge in [0.15, 0.2) is 0 Å². The highest BCUT2D eigenvalue weighted by Crippen LogP contribution is 2.26. The number of hydrogen-bond acceptors (Lipinski definition) is 4. The number of amides is 1. The van der Waals surface area contributed by atoms with Gasteiger partial charge in [-0.25, -0.2) is 0 Å². The Hall–Kier alpha value is -1.95. The molecule has 1 aliphatic heterocycles. The van der Waals surface area contributed by atoms with Crippen molar-refractivity contribution in [1.29, 1.82) is 0 Å². The maximum atomic E-state index is 12.6. The molecule has 0 bridgehead atoms. The fourth-order valence-electron chi connectivity index (χ4n) is 3.03. The molecule has 2 aromatic rings. The van der Waals surface area contributed by atoms with Gasteiger partial charge in [0.05, 0.1) is 16.8 Å². The van der Waals surface area contributed by atoms with Crippen LogP contribution in [0.1, 0.15) is 6.92 Å². The van der Waals surface area contributed by atoms with E-state index in [0.29, 0.717) is 15.7 Å². The number of benzene rings is 2. The zero-order valence-corrected chi connectivity index (χ0v) is 16.0. The van der Waals surface area contributed by atoms with Crippen molar-refractivity contribution in [1.82, 2.24) is 4.90 Å². The van der Waals surface area contributed by atoms with E-state index in [1.165, 1.54) is 0 Å². The number of piperazine rings is 1. The summed E-state index contributed by atoms with van der Waals surface area (Å²) in [5.74, 6) is 0.157. The second-order valence-corrected chi connectivity index (χ2v) is 7.17. The molecule has 0 saturated carbocycles. The van der Waals surface area contributed by atoms with Gasteiger partial charge in [0.2, 0.25) is 5.91 Å². The van der Waals surface area contributed by atoms with Gasteiger partial charge in [0.1, 0.15) is 5.75 Å². The normalized spacial score (nSPS) is 16.3. The highest BCUT2D eigenvalue weighted by Gasteiger charge is 2.26. The Kier molecular flexibility index (Phi) is 5.91. The van der Waals surface area contributed by atoms with Crippen molar-refractivity contribution in [2.75, 3.05) is 36.4 Å². The number of rotatable bonds is 4. The smallest absolute Gasteiger partial charge is 0.241 e. The average Bonchev–Trinajstić information content (AvgIpc) is 2.65. The van der Waals surface area contributed by atoms with Crippen LogP contribution in [0.4, 0.5) is 11.4 Å². The lowest BCUT2D eigenvalue weighted by Gasteiger charge is -2.38. The summed E-state index contributed by atoms with van der Waals surface area (Å²) in [7, 11) is 0. The van der Waals surface area contributed by atoms with Gasteiger partial charge in [-0.2, -0.15) is 0 Å². The average molecular weight is 394 g/mol. The first-order valence-corrected chi connectivity index (χ1v) is 9.23. The number of carbonyl (C=O) groups is 1. The Morgan fingerprint density at radius 1 is 1.08 bits per heavy atom. The summed E-state index contributed by atoms with van der Waals surface area (Å²) < 4.78 is 0. The first-order chi connectivity index (χ1) is 12.4. The van der Waals surface area contributed by atoms with Crippen molar-refractivity contribution < 1.29 is 9.90 Å². The first kappa shape index (κ1) is 18.8. The third kappa shape index (κ3) is 4.41. The standard InChI is InChI=1S/C19H21Cl2N3O2/c1-13(19(26)22-18-12-14(20)2-7-17(18)21)23-8-10-24(11-9-23)15-3-5-16(25)6-4-15/h2-7,12-13,25H,8-11H2,1H3,(H,22,26). The molecule has 3 rings (SSSR count). The maximum absolute atomic E-state index is 12.6. The summed E-state index contributed by atoms with van der Waals surface area (Å²) in [4.78, 5) is 17.0. The SMILES string of the molecule is CC(C(=O)Nc1cc(Cl)ccc1Cl)N1CCN(c2ccc(O)cc2)CC1. The van der Waals surface area contributed by atoms with Crippen molar-refractivity contribution in [3.8, 4) is 5.75 Å². The highest BCUT2D eigenvalue weighted by atomic mass is 35.5. The predicted molar refractivity (Wildman–Crippen MR) is 106 cm³/mol. The molecule has 2 N–H and O–H groups in total. The number of phenols is 1. The summed E-state index contributed by atoms with van der Waals surface area (Å²) in [5.41, 5.74) is 1.60. The molecule has 1 heterocycles. The summed E-state index contributed by atoms with van der Waals surface area (Å²) in [6.07, 6.45) is 0. The van der Waals surface area contributed by atoms with Crippen LogP contribution < -0.4 is 10.2 Å². The van der Waals surface area contributed by atoms with E-state index in [1.807, 2.05) is 19.1 Å². The van der Waals surface area contributed by atoms with Gasteiger partial charge in [0.25, 0.3) is 0 Å². The minimum atomic E-state index is -0.271. The first-order valence-electron chi connectivity index (χ1n) is 8.48. The monoisotopic (exact) mass is 393 g/mol. The fourth-order valence-corrected chi connectivity index (χ4v) is 3.36. The van der Waals surface area contributed by atoms with Crippen LogP contribution in [-0.4, -0.2) is 48.1 Å². The van der Waals surface area contributed by atoms with E-state index in [2.05, 4.69) is 15.1 Å². The predicted octanol–water partition coefficient (Wildman–Crippen LogP) is 3.85. The molecule has 5 nitrogen and oxygen atoms in total. The number of aromatic hydroxyl groups is 1. The lowest BCUT2D eigenvalue weighted by Crippen LogP contribution is -2.52. The number of phenolic OH excluding ortho intramolecular Hbond substituents is 1. The second kappa shape index (κ2) is 8.16. The van der Waals surface area contributed by atoms with Crippen LogP contribution >= 0.6 is 23.2 Å². The maximum Gasteiger partial charge on any atom is 0.241 e. The number of hydrogen-bond donors (Lipinski definition) is 2. The van der Waals surface area contributed by atoms with Gasteiger partial charge in [-0.1, -0.05) is 23.2 Å². The van der Waals surface area contributed by atoms with Gasteiger partial charge < -0.3 is 15.3 Å². The van der Waals surface area contributed by atoms with E-state index in [0.717, 1.165) is 31.9 Å². The molecule has 0 radical (unpaired) electrons. The summed E-state index contributed by atoms with van der Waals surface area (Å²) in [6, 6.07) is 11.9. The summed E-state index contributed by atoms with van der Waals surface area (Å²) in [5, 5.41) is 13.3. The van der Waals surface area contributed by atoms with Crippen LogP contribution in [0.15, 0.2) is 42.5 Å². The van der Waals surface area contributed by atoms with Gasteiger partial charge in [-0.15, -0.1) is 0 Å². The van der Waals surface area contributed by atoms with Crippen LogP contribution in [0.5, 0.6) is 5.75 Å². The Morgan fingerprint density at radius 3 is 2.38 bits per heavy atom. The van der Waals surface area contributed by atoms with Gasteiger partial charge >= 0.3 is 0 Å².